The van der Waals surface area contributed by atoms with E-state index in [1.54, 1.807) is 42.7 Å². The fraction of sp³-hybridized carbons (Fsp3) is 0.400. The molecule has 0 radical (unpaired) electrons. The van der Waals surface area contributed by atoms with Gasteiger partial charge in [0.25, 0.3) is 11.7 Å². The van der Waals surface area contributed by atoms with Gasteiger partial charge < -0.3 is 24.2 Å². The molecule has 0 saturated carbocycles. The van der Waals surface area contributed by atoms with Crippen LogP contribution < -0.4 is 9.47 Å². The van der Waals surface area contributed by atoms with Crippen molar-refractivity contribution >= 4 is 17.4 Å². The Morgan fingerprint density at radius 2 is 1.88 bits per heavy atom. The minimum atomic E-state index is -0.730. The SMILES string of the molecule is COc1ccc(C(O)=C2C(=O)C(=O)N(CCCN3CCOCC3)[C@H]2c2cccnc2)cc1OC. The maximum absolute atomic E-state index is 13.1. The topological polar surface area (TPSA) is 101 Å². The number of carbonyl (C=O) groups excluding carboxylic acids is 2. The lowest BCUT2D eigenvalue weighted by atomic mass is 9.96. The summed E-state index contributed by atoms with van der Waals surface area (Å²) in [6.45, 7) is 4.28. The number of ketones is 1. The molecule has 1 N–H and O–H groups in total. The summed E-state index contributed by atoms with van der Waals surface area (Å²) < 4.78 is 16.0. The summed E-state index contributed by atoms with van der Waals surface area (Å²) in [7, 11) is 3.01. The Labute approximate surface area is 198 Å². The number of nitrogens with zero attached hydrogens (tertiary/aromatic N) is 3. The van der Waals surface area contributed by atoms with Crippen molar-refractivity contribution in [3.8, 4) is 11.5 Å². The molecular weight excluding hydrogens is 438 g/mol. The Hall–Kier alpha value is -3.43. The minimum absolute atomic E-state index is 0.0385. The number of methoxy groups -OCH3 is 2. The minimum Gasteiger partial charge on any atom is -0.507 e. The number of Topliss-reactive ketones (excluding diaryl/α,β-unsaturated/α-hetero) is 1. The van der Waals surface area contributed by atoms with E-state index in [4.69, 9.17) is 14.2 Å². The van der Waals surface area contributed by atoms with Crippen LogP contribution in [0.15, 0.2) is 48.3 Å². The Kier molecular flexibility index (Phi) is 7.44. The van der Waals surface area contributed by atoms with Crippen LogP contribution in [0.25, 0.3) is 5.76 Å². The van der Waals surface area contributed by atoms with E-state index in [9.17, 15) is 14.7 Å². The van der Waals surface area contributed by atoms with Gasteiger partial charge in [0, 0.05) is 44.1 Å². The van der Waals surface area contributed by atoms with E-state index in [2.05, 4.69) is 9.88 Å². The third kappa shape index (κ3) is 4.76. The molecular formula is C25H29N3O6. The van der Waals surface area contributed by atoms with Crippen LogP contribution in [0.1, 0.15) is 23.6 Å². The van der Waals surface area contributed by atoms with Gasteiger partial charge >= 0.3 is 0 Å². The standard InChI is InChI=1S/C25H29N3O6/c1-32-19-7-6-17(15-20(19)33-2)23(29)21-22(18-5-3-8-26-16-18)28(25(31)24(21)30)10-4-9-27-11-13-34-14-12-27/h3,5-8,15-16,22,29H,4,9-14H2,1-2H3/t22-/m0/s1. The summed E-state index contributed by atoms with van der Waals surface area (Å²) in [6, 6.07) is 7.68. The molecule has 2 aromatic rings. The van der Waals surface area contributed by atoms with Crippen LogP contribution in [0.4, 0.5) is 0 Å². The van der Waals surface area contributed by atoms with Crippen molar-refractivity contribution in [1.29, 1.82) is 0 Å². The molecule has 3 heterocycles. The molecule has 180 valence electrons. The van der Waals surface area contributed by atoms with E-state index >= 15 is 0 Å². The van der Waals surface area contributed by atoms with Crippen molar-refractivity contribution in [2.75, 3.05) is 53.6 Å². The van der Waals surface area contributed by atoms with E-state index in [0.717, 1.165) is 19.6 Å². The monoisotopic (exact) mass is 467 g/mol. The van der Waals surface area contributed by atoms with Crippen molar-refractivity contribution in [2.45, 2.75) is 12.5 Å². The molecule has 2 fully saturated rings. The van der Waals surface area contributed by atoms with Gasteiger partial charge in [0.15, 0.2) is 11.5 Å². The fourth-order valence-corrected chi connectivity index (χ4v) is 4.42. The van der Waals surface area contributed by atoms with E-state index in [-0.39, 0.29) is 11.3 Å². The maximum atomic E-state index is 13.1. The number of hydrogen-bond acceptors (Lipinski definition) is 8. The van der Waals surface area contributed by atoms with Crippen molar-refractivity contribution in [3.05, 3.63) is 59.4 Å². The van der Waals surface area contributed by atoms with Crippen LogP contribution in [-0.4, -0.2) is 85.2 Å². The van der Waals surface area contributed by atoms with Gasteiger partial charge in [0.2, 0.25) is 0 Å². The second kappa shape index (κ2) is 10.7. The van der Waals surface area contributed by atoms with Crippen molar-refractivity contribution < 1.29 is 28.9 Å². The number of pyridine rings is 1. The van der Waals surface area contributed by atoms with E-state index in [1.807, 2.05) is 0 Å². The molecule has 2 aliphatic heterocycles. The first-order valence-electron chi connectivity index (χ1n) is 11.3. The van der Waals surface area contributed by atoms with E-state index < -0.39 is 17.7 Å². The second-order valence-corrected chi connectivity index (χ2v) is 8.16. The first-order chi connectivity index (χ1) is 16.5. The third-order valence-corrected chi connectivity index (χ3v) is 6.17. The van der Waals surface area contributed by atoms with Gasteiger partial charge in [-0.1, -0.05) is 6.07 Å². The summed E-state index contributed by atoms with van der Waals surface area (Å²) in [6.07, 6.45) is 3.94. The summed E-state index contributed by atoms with van der Waals surface area (Å²) in [4.78, 5) is 34.2. The Morgan fingerprint density at radius 1 is 1.12 bits per heavy atom. The number of hydrogen-bond donors (Lipinski definition) is 1. The second-order valence-electron chi connectivity index (χ2n) is 8.16. The van der Waals surface area contributed by atoms with Gasteiger partial charge in [-0.25, -0.2) is 0 Å². The van der Waals surface area contributed by atoms with E-state index in [1.165, 1.54) is 19.1 Å². The van der Waals surface area contributed by atoms with Gasteiger partial charge in [-0.3, -0.25) is 19.5 Å². The zero-order valence-corrected chi connectivity index (χ0v) is 19.4. The smallest absolute Gasteiger partial charge is 0.295 e. The molecule has 1 atom stereocenters. The molecule has 4 rings (SSSR count). The van der Waals surface area contributed by atoms with Crippen molar-refractivity contribution in [3.63, 3.8) is 0 Å². The molecule has 0 spiro atoms. The predicted molar refractivity (Wildman–Crippen MR) is 125 cm³/mol. The van der Waals surface area contributed by atoms with Crippen LogP contribution >= 0.6 is 0 Å². The van der Waals surface area contributed by atoms with Gasteiger partial charge in [-0.05, 0) is 36.2 Å². The van der Waals surface area contributed by atoms with Crippen LogP contribution in [0.3, 0.4) is 0 Å². The van der Waals surface area contributed by atoms with Crippen LogP contribution in [0.5, 0.6) is 11.5 Å². The number of aliphatic hydroxyl groups excluding tert-OH is 1. The fourth-order valence-electron chi connectivity index (χ4n) is 4.42. The summed E-state index contributed by atoms with van der Waals surface area (Å²) in [5.41, 5.74) is 1.06. The number of ether oxygens (including phenoxy) is 3. The molecule has 9 heteroatoms. The zero-order chi connectivity index (χ0) is 24.1. The van der Waals surface area contributed by atoms with Gasteiger partial charge in [0.1, 0.15) is 5.76 Å². The van der Waals surface area contributed by atoms with Gasteiger partial charge in [-0.2, -0.15) is 0 Å². The summed E-state index contributed by atoms with van der Waals surface area (Å²) in [5.74, 6) is -0.704. The lowest BCUT2D eigenvalue weighted by molar-refractivity contribution is -0.140. The van der Waals surface area contributed by atoms with Gasteiger partial charge in [0.05, 0.1) is 39.0 Å². The number of aromatic nitrogens is 1. The molecule has 0 aliphatic carbocycles. The Bertz CT molecular complexity index is 1070. The number of carbonyl (C=O) groups is 2. The number of aliphatic hydroxyl groups is 1. The van der Waals surface area contributed by atoms with Crippen molar-refractivity contribution in [1.82, 2.24) is 14.8 Å². The molecule has 9 nitrogen and oxygen atoms in total. The molecule has 1 aromatic carbocycles. The normalized spacial score (nSPS) is 20.5. The summed E-state index contributed by atoms with van der Waals surface area (Å²) >= 11 is 0. The molecule has 2 saturated heterocycles. The average molecular weight is 468 g/mol. The highest BCUT2D eigenvalue weighted by molar-refractivity contribution is 6.46. The summed E-state index contributed by atoms with van der Waals surface area (Å²) in [5, 5.41) is 11.2. The number of rotatable bonds is 8. The quantitative estimate of drug-likeness (QED) is 0.358. The highest BCUT2D eigenvalue weighted by atomic mass is 16.5. The maximum Gasteiger partial charge on any atom is 0.295 e. The number of amides is 1. The van der Waals surface area contributed by atoms with Crippen LogP contribution in [-0.2, 0) is 14.3 Å². The van der Waals surface area contributed by atoms with Gasteiger partial charge in [-0.15, -0.1) is 0 Å². The van der Waals surface area contributed by atoms with E-state index in [0.29, 0.717) is 48.8 Å². The Morgan fingerprint density at radius 3 is 2.56 bits per heavy atom. The largest absolute Gasteiger partial charge is 0.507 e. The average Bonchev–Trinajstić information content (AvgIpc) is 3.14. The molecule has 2 aliphatic rings. The lowest BCUT2D eigenvalue weighted by Gasteiger charge is -2.29. The number of likely N-dealkylation sites (tertiary alicyclic amines) is 1. The molecule has 34 heavy (non-hydrogen) atoms. The van der Waals surface area contributed by atoms with Crippen LogP contribution in [0, 0.1) is 0 Å². The van der Waals surface area contributed by atoms with Crippen LogP contribution in [0.2, 0.25) is 0 Å². The predicted octanol–water partition coefficient (Wildman–Crippen LogP) is 2.24. The first kappa shape index (κ1) is 23.7. The first-order valence-corrected chi connectivity index (χ1v) is 11.3. The molecule has 1 amide bonds. The van der Waals surface area contributed by atoms with Crippen molar-refractivity contribution in [2.24, 2.45) is 0 Å². The number of benzene rings is 1. The Balaban J connectivity index is 1.67. The molecule has 0 bridgehead atoms. The third-order valence-electron chi connectivity index (χ3n) is 6.17. The highest BCUT2D eigenvalue weighted by Crippen LogP contribution is 2.40. The zero-order valence-electron chi connectivity index (χ0n) is 19.4. The molecule has 1 aromatic heterocycles. The lowest BCUT2D eigenvalue weighted by Crippen LogP contribution is -2.39. The highest BCUT2D eigenvalue weighted by Gasteiger charge is 2.46. The number of morpholine rings is 1. The molecule has 0 unspecified atom stereocenters.